The van der Waals surface area contributed by atoms with Crippen molar-refractivity contribution >= 4 is 27.6 Å². The largest absolute Gasteiger partial charge is 0.459 e. The fourth-order valence-electron chi connectivity index (χ4n) is 1.94. The first kappa shape index (κ1) is 11.5. The molecule has 0 atom stereocenters. The standard InChI is InChI=1S/C12H14BrNO2/c13-8-5-6-10(11(14)7-8)12(15)16-9-3-1-2-4-9/h5-7,9H,1-4,14H2. The quantitative estimate of drug-likeness (QED) is 0.670. The predicted octanol–water partition coefficient (Wildman–Crippen LogP) is 3.13. The van der Waals surface area contributed by atoms with E-state index < -0.39 is 0 Å². The lowest BCUT2D eigenvalue weighted by Crippen LogP contribution is -2.16. The molecular weight excluding hydrogens is 270 g/mol. The number of rotatable bonds is 2. The molecule has 2 N–H and O–H groups in total. The number of ether oxygens (including phenoxy) is 1. The monoisotopic (exact) mass is 283 g/mol. The maximum atomic E-state index is 11.8. The molecule has 0 aromatic heterocycles. The van der Waals surface area contributed by atoms with E-state index in [1.807, 2.05) is 0 Å². The number of carbonyl (C=O) groups is 1. The van der Waals surface area contributed by atoms with Gasteiger partial charge in [-0.05, 0) is 43.9 Å². The van der Waals surface area contributed by atoms with Crippen molar-refractivity contribution in [2.45, 2.75) is 31.8 Å². The Bertz CT molecular complexity index is 400. The second-order valence-corrected chi connectivity index (χ2v) is 4.96. The Morgan fingerprint density at radius 2 is 2.06 bits per heavy atom. The van der Waals surface area contributed by atoms with E-state index in [4.69, 9.17) is 10.5 Å². The van der Waals surface area contributed by atoms with Gasteiger partial charge in [-0.15, -0.1) is 0 Å². The van der Waals surface area contributed by atoms with Crippen molar-refractivity contribution in [1.29, 1.82) is 0 Å². The lowest BCUT2D eigenvalue weighted by molar-refractivity contribution is 0.0319. The van der Waals surface area contributed by atoms with Crippen LogP contribution in [0.5, 0.6) is 0 Å². The fourth-order valence-corrected chi connectivity index (χ4v) is 2.32. The third-order valence-electron chi connectivity index (χ3n) is 2.81. The van der Waals surface area contributed by atoms with Gasteiger partial charge in [0.2, 0.25) is 0 Å². The molecule has 3 nitrogen and oxygen atoms in total. The summed E-state index contributed by atoms with van der Waals surface area (Å²) in [5, 5.41) is 0. The normalized spacial score (nSPS) is 16.3. The number of hydrogen-bond donors (Lipinski definition) is 1. The third kappa shape index (κ3) is 2.55. The van der Waals surface area contributed by atoms with Crippen LogP contribution in [0.2, 0.25) is 0 Å². The Balaban J connectivity index is 2.08. The van der Waals surface area contributed by atoms with Crippen LogP contribution in [0.15, 0.2) is 22.7 Å². The molecule has 0 heterocycles. The van der Waals surface area contributed by atoms with E-state index >= 15 is 0 Å². The number of benzene rings is 1. The Morgan fingerprint density at radius 3 is 2.69 bits per heavy atom. The van der Waals surface area contributed by atoms with Gasteiger partial charge in [0.15, 0.2) is 0 Å². The van der Waals surface area contributed by atoms with Gasteiger partial charge in [0.1, 0.15) is 6.10 Å². The van der Waals surface area contributed by atoms with Crippen molar-refractivity contribution in [3.05, 3.63) is 28.2 Å². The summed E-state index contributed by atoms with van der Waals surface area (Å²) in [4.78, 5) is 11.8. The van der Waals surface area contributed by atoms with Gasteiger partial charge in [-0.25, -0.2) is 4.79 Å². The van der Waals surface area contributed by atoms with Crippen LogP contribution in [0.1, 0.15) is 36.0 Å². The second-order valence-electron chi connectivity index (χ2n) is 4.04. The van der Waals surface area contributed by atoms with Crippen molar-refractivity contribution in [3.63, 3.8) is 0 Å². The molecular formula is C12H14BrNO2. The molecule has 0 aliphatic heterocycles. The van der Waals surface area contributed by atoms with Crippen LogP contribution in [-0.4, -0.2) is 12.1 Å². The highest BCUT2D eigenvalue weighted by Crippen LogP contribution is 2.24. The van der Waals surface area contributed by atoms with Gasteiger partial charge >= 0.3 is 5.97 Å². The first-order valence-corrected chi connectivity index (χ1v) is 6.22. The van der Waals surface area contributed by atoms with E-state index in [0.29, 0.717) is 11.3 Å². The van der Waals surface area contributed by atoms with E-state index in [1.54, 1.807) is 18.2 Å². The van der Waals surface area contributed by atoms with Crippen LogP contribution in [0.3, 0.4) is 0 Å². The molecule has 0 saturated heterocycles. The molecule has 0 unspecified atom stereocenters. The van der Waals surface area contributed by atoms with E-state index in [-0.39, 0.29) is 12.1 Å². The second kappa shape index (κ2) is 4.87. The van der Waals surface area contributed by atoms with E-state index in [1.165, 1.54) is 0 Å². The smallest absolute Gasteiger partial charge is 0.340 e. The minimum absolute atomic E-state index is 0.0792. The van der Waals surface area contributed by atoms with Gasteiger partial charge < -0.3 is 10.5 Å². The molecule has 2 rings (SSSR count). The van der Waals surface area contributed by atoms with Crippen LogP contribution < -0.4 is 5.73 Å². The lowest BCUT2D eigenvalue weighted by Gasteiger charge is -2.12. The molecule has 1 fully saturated rings. The molecule has 1 aliphatic rings. The highest BCUT2D eigenvalue weighted by molar-refractivity contribution is 9.10. The van der Waals surface area contributed by atoms with Crippen LogP contribution in [-0.2, 0) is 4.74 Å². The zero-order valence-electron chi connectivity index (χ0n) is 8.91. The van der Waals surface area contributed by atoms with Crippen molar-refractivity contribution in [2.75, 3.05) is 5.73 Å². The van der Waals surface area contributed by atoms with Gasteiger partial charge in [0.25, 0.3) is 0 Å². The van der Waals surface area contributed by atoms with Crippen molar-refractivity contribution in [2.24, 2.45) is 0 Å². The Hall–Kier alpha value is -1.03. The summed E-state index contributed by atoms with van der Waals surface area (Å²) in [7, 11) is 0. The summed E-state index contributed by atoms with van der Waals surface area (Å²) < 4.78 is 6.25. The number of halogens is 1. The SMILES string of the molecule is Nc1cc(Br)ccc1C(=O)OC1CCCC1. The average Bonchev–Trinajstić information content (AvgIpc) is 2.70. The van der Waals surface area contributed by atoms with E-state index in [2.05, 4.69) is 15.9 Å². The van der Waals surface area contributed by atoms with Gasteiger partial charge in [-0.2, -0.15) is 0 Å². The van der Waals surface area contributed by atoms with Crippen LogP contribution in [0, 0.1) is 0 Å². The molecule has 16 heavy (non-hydrogen) atoms. The molecule has 1 aromatic rings. The van der Waals surface area contributed by atoms with Gasteiger partial charge in [0, 0.05) is 10.2 Å². The summed E-state index contributed by atoms with van der Waals surface area (Å²) in [6.45, 7) is 0. The average molecular weight is 284 g/mol. The Kier molecular flexibility index (Phi) is 3.49. The van der Waals surface area contributed by atoms with E-state index in [9.17, 15) is 4.79 Å². The molecule has 1 aliphatic carbocycles. The number of carbonyl (C=O) groups excluding carboxylic acids is 1. The Labute approximate surface area is 103 Å². The summed E-state index contributed by atoms with van der Waals surface area (Å²) in [6, 6.07) is 5.20. The van der Waals surface area contributed by atoms with Crippen molar-refractivity contribution in [3.8, 4) is 0 Å². The van der Waals surface area contributed by atoms with Crippen molar-refractivity contribution in [1.82, 2.24) is 0 Å². The van der Waals surface area contributed by atoms with E-state index in [0.717, 1.165) is 30.2 Å². The van der Waals surface area contributed by atoms with Gasteiger partial charge in [-0.3, -0.25) is 0 Å². The maximum absolute atomic E-state index is 11.8. The molecule has 0 radical (unpaired) electrons. The van der Waals surface area contributed by atoms with Gasteiger partial charge in [0.05, 0.1) is 5.56 Å². The molecule has 1 saturated carbocycles. The molecule has 0 spiro atoms. The number of nitrogen functional groups attached to an aromatic ring is 1. The zero-order chi connectivity index (χ0) is 11.5. The number of anilines is 1. The first-order chi connectivity index (χ1) is 7.66. The lowest BCUT2D eigenvalue weighted by atomic mass is 10.2. The number of nitrogens with two attached hydrogens (primary N) is 1. The van der Waals surface area contributed by atoms with Crippen LogP contribution in [0.4, 0.5) is 5.69 Å². The molecule has 0 bridgehead atoms. The van der Waals surface area contributed by atoms with Crippen molar-refractivity contribution < 1.29 is 9.53 Å². The summed E-state index contributed by atoms with van der Waals surface area (Å²) in [5.74, 6) is -0.308. The predicted molar refractivity (Wildman–Crippen MR) is 66.2 cm³/mol. The third-order valence-corrected chi connectivity index (χ3v) is 3.30. The number of hydrogen-bond acceptors (Lipinski definition) is 3. The fraction of sp³-hybridized carbons (Fsp3) is 0.417. The molecule has 86 valence electrons. The summed E-state index contributed by atoms with van der Waals surface area (Å²) >= 11 is 3.30. The van der Waals surface area contributed by atoms with Crippen LogP contribution in [0.25, 0.3) is 0 Å². The summed E-state index contributed by atoms with van der Waals surface area (Å²) in [5.41, 5.74) is 6.68. The first-order valence-electron chi connectivity index (χ1n) is 5.43. The maximum Gasteiger partial charge on any atom is 0.340 e. The molecule has 1 aromatic carbocycles. The van der Waals surface area contributed by atoms with Gasteiger partial charge in [-0.1, -0.05) is 15.9 Å². The molecule has 0 amide bonds. The minimum atomic E-state index is -0.308. The highest BCUT2D eigenvalue weighted by atomic mass is 79.9. The Morgan fingerprint density at radius 1 is 1.38 bits per heavy atom. The summed E-state index contributed by atoms with van der Waals surface area (Å²) in [6.07, 6.45) is 4.32. The molecule has 4 heteroatoms. The highest BCUT2D eigenvalue weighted by Gasteiger charge is 2.21. The topological polar surface area (TPSA) is 52.3 Å². The van der Waals surface area contributed by atoms with Crippen LogP contribution >= 0.6 is 15.9 Å². The minimum Gasteiger partial charge on any atom is -0.459 e. The zero-order valence-corrected chi connectivity index (χ0v) is 10.5. The number of esters is 1.